The Morgan fingerprint density at radius 3 is 2.39 bits per heavy atom. The van der Waals surface area contributed by atoms with Gasteiger partial charge >= 0.3 is 0 Å². The summed E-state index contributed by atoms with van der Waals surface area (Å²) >= 11 is 12.9. The highest BCUT2D eigenvalue weighted by Crippen LogP contribution is 2.37. The summed E-state index contributed by atoms with van der Waals surface area (Å²) in [6, 6.07) is 23.9. The lowest BCUT2D eigenvalue weighted by atomic mass is 10.0. The molecule has 5 nitrogen and oxygen atoms in total. The molecule has 0 aromatic heterocycles. The Hall–Kier alpha value is -2.75. The van der Waals surface area contributed by atoms with Crippen LogP contribution in [-0.4, -0.2) is 48.4 Å². The first kappa shape index (κ1) is 26.3. The van der Waals surface area contributed by atoms with Gasteiger partial charge in [-0.2, -0.15) is 5.26 Å². The maximum atomic E-state index is 9.96. The molecule has 1 aliphatic rings. The smallest absolute Gasteiger partial charge is 0.121 e. The number of benzene rings is 3. The van der Waals surface area contributed by atoms with E-state index in [2.05, 4.69) is 28.0 Å². The van der Waals surface area contributed by atoms with Gasteiger partial charge in [-0.25, -0.2) is 0 Å². The fourth-order valence-corrected chi connectivity index (χ4v) is 4.81. The van der Waals surface area contributed by atoms with Crippen molar-refractivity contribution in [3.63, 3.8) is 0 Å². The van der Waals surface area contributed by atoms with Crippen molar-refractivity contribution in [3.8, 4) is 11.8 Å². The summed E-state index contributed by atoms with van der Waals surface area (Å²) in [5, 5.41) is 20.3. The highest BCUT2D eigenvalue weighted by atomic mass is 35.5. The Bertz CT molecular complexity index is 1200. The van der Waals surface area contributed by atoms with Gasteiger partial charge in [-0.05, 0) is 67.8 Å². The Morgan fingerprint density at radius 1 is 1.03 bits per heavy atom. The van der Waals surface area contributed by atoms with Crippen LogP contribution < -0.4 is 9.64 Å². The second kappa shape index (κ2) is 11.5. The summed E-state index contributed by atoms with van der Waals surface area (Å²) in [5.41, 5.74) is 3.13. The molecule has 0 spiro atoms. The quantitative estimate of drug-likeness (QED) is 0.385. The second-order valence-corrected chi connectivity index (χ2v) is 10.7. The van der Waals surface area contributed by atoms with E-state index in [9.17, 15) is 5.11 Å². The normalized spacial score (nSPS) is 16.6. The summed E-state index contributed by atoms with van der Waals surface area (Å²) in [5.74, 6) is 0.634. The maximum absolute atomic E-state index is 9.96. The number of hydrogen-bond donors (Lipinski definition) is 1. The van der Waals surface area contributed by atoms with Gasteiger partial charge in [0.1, 0.15) is 12.4 Å². The SMILES string of the molecule is CC(C)(O)COc1ccc(N2CCN(CCc3ccc(C#N)cc3)C[C@H]2c2ccc(Cl)cc2)c(Cl)c1. The van der Waals surface area contributed by atoms with E-state index in [1.165, 1.54) is 11.1 Å². The molecule has 1 heterocycles. The highest BCUT2D eigenvalue weighted by Gasteiger charge is 2.30. The van der Waals surface area contributed by atoms with Crippen molar-refractivity contribution >= 4 is 28.9 Å². The van der Waals surface area contributed by atoms with E-state index in [1.807, 2.05) is 54.6 Å². The number of rotatable bonds is 8. The zero-order chi connectivity index (χ0) is 25.7. The molecular formula is C29H31Cl2N3O2. The summed E-state index contributed by atoms with van der Waals surface area (Å²) < 4.78 is 5.73. The van der Waals surface area contributed by atoms with Crippen LogP contribution in [0.2, 0.25) is 10.0 Å². The Kier molecular flexibility index (Phi) is 8.43. The van der Waals surface area contributed by atoms with Crippen molar-refractivity contribution in [1.82, 2.24) is 4.90 Å². The number of aliphatic hydroxyl groups is 1. The molecule has 0 aliphatic carbocycles. The van der Waals surface area contributed by atoms with Crippen LogP contribution in [-0.2, 0) is 6.42 Å². The van der Waals surface area contributed by atoms with E-state index in [1.54, 1.807) is 13.8 Å². The van der Waals surface area contributed by atoms with Crippen molar-refractivity contribution in [3.05, 3.63) is 93.5 Å². The van der Waals surface area contributed by atoms with E-state index in [0.29, 0.717) is 21.4 Å². The summed E-state index contributed by atoms with van der Waals surface area (Å²) in [7, 11) is 0. The van der Waals surface area contributed by atoms with Crippen LogP contribution in [0.1, 0.15) is 36.6 Å². The average molecular weight is 524 g/mol. The predicted octanol–water partition coefficient (Wildman–Crippen LogP) is 6.12. The molecule has 0 radical (unpaired) electrons. The number of nitriles is 1. The third kappa shape index (κ3) is 6.93. The Labute approximate surface area is 223 Å². The number of piperazine rings is 1. The van der Waals surface area contributed by atoms with Gasteiger partial charge in [-0.3, -0.25) is 4.90 Å². The monoisotopic (exact) mass is 523 g/mol. The van der Waals surface area contributed by atoms with E-state index in [0.717, 1.165) is 38.3 Å². The molecule has 1 fully saturated rings. The molecule has 0 amide bonds. The molecule has 1 atom stereocenters. The minimum atomic E-state index is -0.918. The molecule has 3 aromatic rings. The molecule has 7 heteroatoms. The molecule has 0 saturated carbocycles. The van der Waals surface area contributed by atoms with Gasteiger partial charge in [0.05, 0.1) is 34.0 Å². The van der Waals surface area contributed by atoms with Crippen LogP contribution in [0.15, 0.2) is 66.7 Å². The molecule has 4 rings (SSSR count). The number of nitrogens with zero attached hydrogens (tertiary/aromatic N) is 3. The first-order chi connectivity index (χ1) is 17.2. The van der Waals surface area contributed by atoms with Crippen LogP contribution in [0.4, 0.5) is 5.69 Å². The molecule has 1 aliphatic heterocycles. The van der Waals surface area contributed by atoms with Gasteiger partial charge in [0, 0.05) is 37.3 Å². The van der Waals surface area contributed by atoms with Crippen molar-refractivity contribution in [2.24, 2.45) is 0 Å². The third-order valence-corrected chi connectivity index (χ3v) is 6.89. The van der Waals surface area contributed by atoms with Gasteiger partial charge in [0.2, 0.25) is 0 Å². The van der Waals surface area contributed by atoms with Gasteiger partial charge in [0.25, 0.3) is 0 Å². The zero-order valence-corrected chi connectivity index (χ0v) is 22.1. The number of hydrogen-bond acceptors (Lipinski definition) is 5. The largest absolute Gasteiger partial charge is 0.491 e. The Morgan fingerprint density at radius 2 is 1.75 bits per heavy atom. The van der Waals surface area contributed by atoms with E-state index >= 15 is 0 Å². The number of anilines is 1. The van der Waals surface area contributed by atoms with Gasteiger partial charge in [0.15, 0.2) is 0 Å². The topological polar surface area (TPSA) is 59.7 Å². The number of ether oxygens (including phenoxy) is 1. The van der Waals surface area contributed by atoms with Crippen LogP contribution in [0, 0.1) is 11.3 Å². The molecule has 1 saturated heterocycles. The lowest BCUT2D eigenvalue weighted by Crippen LogP contribution is -2.49. The molecule has 1 N–H and O–H groups in total. The van der Waals surface area contributed by atoms with Gasteiger partial charge in [-0.1, -0.05) is 47.5 Å². The first-order valence-corrected chi connectivity index (χ1v) is 12.9. The molecule has 0 unspecified atom stereocenters. The Balaban J connectivity index is 1.51. The van der Waals surface area contributed by atoms with Crippen LogP contribution in [0.3, 0.4) is 0 Å². The van der Waals surface area contributed by atoms with Crippen molar-refractivity contribution < 1.29 is 9.84 Å². The van der Waals surface area contributed by atoms with Crippen LogP contribution in [0.25, 0.3) is 0 Å². The minimum absolute atomic E-state index is 0.109. The standard InChI is InChI=1S/C29H31Cl2N3O2/c1-29(2,35)20-36-25-11-12-27(26(31)17-25)34-16-15-33(14-13-21-3-5-22(18-32)6-4-21)19-28(34)23-7-9-24(30)10-8-23/h3-12,17,28,35H,13-16,19-20H2,1-2H3/t28-/m0/s1. The molecular weight excluding hydrogens is 493 g/mol. The highest BCUT2D eigenvalue weighted by molar-refractivity contribution is 6.33. The van der Waals surface area contributed by atoms with Crippen molar-refractivity contribution in [2.45, 2.75) is 31.9 Å². The van der Waals surface area contributed by atoms with Crippen LogP contribution in [0.5, 0.6) is 5.75 Å². The van der Waals surface area contributed by atoms with Crippen LogP contribution >= 0.6 is 23.2 Å². The first-order valence-electron chi connectivity index (χ1n) is 12.1. The van der Waals surface area contributed by atoms with E-state index in [4.69, 9.17) is 33.2 Å². The minimum Gasteiger partial charge on any atom is -0.491 e. The zero-order valence-electron chi connectivity index (χ0n) is 20.6. The number of halogens is 2. The molecule has 0 bridgehead atoms. The van der Waals surface area contributed by atoms with Crippen molar-refractivity contribution in [2.75, 3.05) is 37.7 Å². The second-order valence-electron chi connectivity index (χ2n) is 9.83. The average Bonchev–Trinajstić information content (AvgIpc) is 2.87. The van der Waals surface area contributed by atoms with Gasteiger partial charge < -0.3 is 14.7 Å². The summed E-state index contributed by atoms with van der Waals surface area (Å²) in [4.78, 5) is 4.83. The van der Waals surface area contributed by atoms with Crippen molar-refractivity contribution in [1.29, 1.82) is 5.26 Å². The fraction of sp³-hybridized carbons (Fsp3) is 0.345. The third-order valence-electron chi connectivity index (χ3n) is 6.34. The van der Waals surface area contributed by atoms with E-state index in [-0.39, 0.29) is 12.6 Å². The molecule has 36 heavy (non-hydrogen) atoms. The fourth-order valence-electron chi connectivity index (χ4n) is 4.40. The summed E-state index contributed by atoms with van der Waals surface area (Å²) in [6.07, 6.45) is 0.924. The summed E-state index contributed by atoms with van der Waals surface area (Å²) in [6.45, 7) is 7.12. The predicted molar refractivity (Wildman–Crippen MR) is 146 cm³/mol. The van der Waals surface area contributed by atoms with E-state index < -0.39 is 5.60 Å². The lowest BCUT2D eigenvalue weighted by molar-refractivity contribution is 0.0285. The molecule has 188 valence electrons. The lowest BCUT2D eigenvalue weighted by Gasteiger charge is -2.43. The van der Waals surface area contributed by atoms with Gasteiger partial charge in [-0.15, -0.1) is 0 Å². The molecule has 3 aromatic carbocycles. The maximum Gasteiger partial charge on any atom is 0.121 e.